The average molecular weight is 238 g/mol. The molecule has 0 aliphatic heterocycles. The number of carbonyl (C=O) groups is 1. The molecule has 0 atom stereocenters. The van der Waals surface area contributed by atoms with Crippen LogP contribution < -0.4 is 5.43 Å². The summed E-state index contributed by atoms with van der Waals surface area (Å²) in [6.45, 7) is 1.51. The monoisotopic (exact) mass is 238 g/mol. The van der Waals surface area contributed by atoms with E-state index in [4.69, 9.17) is 0 Å². The summed E-state index contributed by atoms with van der Waals surface area (Å²) in [6.07, 6.45) is 14.1. The zero-order chi connectivity index (χ0) is 12.3. The molecule has 0 aromatic rings. The van der Waals surface area contributed by atoms with Crippen LogP contribution in [0.4, 0.5) is 0 Å². The summed E-state index contributed by atoms with van der Waals surface area (Å²) in [5.41, 5.74) is 3.76. The molecular weight excluding hydrogens is 212 g/mol. The van der Waals surface area contributed by atoms with Crippen LogP contribution in [0.2, 0.25) is 0 Å². The lowest BCUT2D eigenvalue weighted by atomic mass is 10.00. The molecule has 0 aromatic carbocycles. The van der Waals surface area contributed by atoms with Gasteiger partial charge in [0, 0.05) is 12.6 Å². The van der Waals surface area contributed by atoms with Gasteiger partial charge in [-0.05, 0) is 25.7 Å². The van der Waals surface area contributed by atoms with Gasteiger partial charge in [-0.15, -0.1) is 0 Å². The summed E-state index contributed by atoms with van der Waals surface area (Å²) in [4.78, 5) is 10.8. The first kappa shape index (κ1) is 14.2. The summed E-state index contributed by atoms with van der Waals surface area (Å²) < 4.78 is 0. The van der Waals surface area contributed by atoms with Crippen molar-refractivity contribution >= 4 is 11.6 Å². The van der Waals surface area contributed by atoms with Crippen molar-refractivity contribution in [3.63, 3.8) is 0 Å². The van der Waals surface area contributed by atoms with Crippen LogP contribution in [0.5, 0.6) is 0 Å². The maximum atomic E-state index is 10.8. The Balaban J connectivity index is 2.36. The predicted molar refractivity (Wildman–Crippen MR) is 72.0 cm³/mol. The third kappa shape index (κ3) is 7.94. The SMILES string of the molecule is CC(=O)NN=C1CCCCCCCCCCC1. The van der Waals surface area contributed by atoms with E-state index in [2.05, 4.69) is 10.5 Å². The molecule has 0 saturated heterocycles. The van der Waals surface area contributed by atoms with Crippen LogP contribution in [0.3, 0.4) is 0 Å². The van der Waals surface area contributed by atoms with E-state index in [1.54, 1.807) is 0 Å². The van der Waals surface area contributed by atoms with Gasteiger partial charge in [0.15, 0.2) is 0 Å². The Kier molecular flexibility index (Phi) is 7.69. The van der Waals surface area contributed by atoms with Gasteiger partial charge in [0.05, 0.1) is 0 Å². The smallest absolute Gasteiger partial charge is 0.236 e. The first-order valence-electron chi connectivity index (χ1n) is 7.11. The molecule has 98 valence electrons. The van der Waals surface area contributed by atoms with Crippen LogP contribution in [-0.4, -0.2) is 11.6 Å². The summed E-state index contributed by atoms with van der Waals surface area (Å²) in [5.74, 6) is -0.0661. The van der Waals surface area contributed by atoms with E-state index in [0.717, 1.165) is 12.8 Å². The molecule has 0 unspecified atom stereocenters. The maximum absolute atomic E-state index is 10.8. The Morgan fingerprint density at radius 1 is 0.882 bits per heavy atom. The highest BCUT2D eigenvalue weighted by molar-refractivity contribution is 5.85. The second kappa shape index (κ2) is 9.20. The Labute approximate surface area is 105 Å². The first-order chi connectivity index (χ1) is 8.29. The Morgan fingerprint density at radius 2 is 1.29 bits per heavy atom. The van der Waals surface area contributed by atoms with Crippen LogP contribution in [0.1, 0.15) is 77.6 Å². The molecular formula is C14H26N2O. The molecule has 1 saturated carbocycles. The minimum Gasteiger partial charge on any atom is -0.274 e. The lowest BCUT2D eigenvalue weighted by molar-refractivity contribution is -0.118. The molecule has 0 bridgehead atoms. The lowest BCUT2D eigenvalue weighted by Crippen LogP contribution is -2.16. The predicted octanol–water partition coefficient (Wildman–Crippen LogP) is 3.78. The van der Waals surface area contributed by atoms with E-state index in [9.17, 15) is 4.79 Å². The summed E-state index contributed by atoms with van der Waals surface area (Å²) >= 11 is 0. The highest BCUT2D eigenvalue weighted by atomic mass is 16.2. The molecule has 3 heteroatoms. The number of rotatable bonds is 1. The van der Waals surface area contributed by atoms with E-state index in [-0.39, 0.29) is 5.91 Å². The fourth-order valence-electron chi connectivity index (χ4n) is 2.29. The molecule has 0 heterocycles. The quantitative estimate of drug-likeness (QED) is 0.694. The van der Waals surface area contributed by atoms with E-state index in [1.165, 1.54) is 70.4 Å². The van der Waals surface area contributed by atoms with E-state index >= 15 is 0 Å². The average Bonchev–Trinajstić information content (AvgIpc) is 2.28. The summed E-state index contributed by atoms with van der Waals surface area (Å²) in [6, 6.07) is 0. The standard InChI is InChI=1S/C14H26N2O/c1-13(17)15-16-14-11-9-7-5-3-2-4-6-8-10-12-14/h2-12H2,1H3,(H,15,17). The largest absolute Gasteiger partial charge is 0.274 e. The van der Waals surface area contributed by atoms with Gasteiger partial charge in [-0.1, -0.05) is 44.9 Å². The minimum absolute atomic E-state index is 0.0661. The van der Waals surface area contributed by atoms with Crippen molar-refractivity contribution in [3.05, 3.63) is 0 Å². The second-order valence-corrected chi connectivity index (χ2v) is 5.03. The van der Waals surface area contributed by atoms with Crippen molar-refractivity contribution in [2.75, 3.05) is 0 Å². The number of hydrogen-bond acceptors (Lipinski definition) is 2. The third-order valence-corrected chi connectivity index (χ3v) is 3.30. The van der Waals surface area contributed by atoms with Gasteiger partial charge in [0.2, 0.25) is 5.91 Å². The van der Waals surface area contributed by atoms with Crippen molar-refractivity contribution in [2.24, 2.45) is 5.10 Å². The number of nitrogens with one attached hydrogen (secondary N) is 1. The van der Waals surface area contributed by atoms with Crippen molar-refractivity contribution in [3.8, 4) is 0 Å². The summed E-state index contributed by atoms with van der Waals surface area (Å²) in [7, 11) is 0. The fraction of sp³-hybridized carbons (Fsp3) is 0.857. The molecule has 1 fully saturated rings. The molecule has 3 nitrogen and oxygen atoms in total. The second-order valence-electron chi connectivity index (χ2n) is 5.03. The van der Waals surface area contributed by atoms with Crippen molar-refractivity contribution < 1.29 is 4.79 Å². The number of nitrogens with zero attached hydrogens (tertiary/aromatic N) is 1. The van der Waals surface area contributed by atoms with Crippen molar-refractivity contribution in [2.45, 2.75) is 77.6 Å². The third-order valence-electron chi connectivity index (χ3n) is 3.30. The Hall–Kier alpha value is -0.860. The molecule has 1 aliphatic carbocycles. The summed E-state index contributed by atoms with van der Waals surface area (Å²) in [5, 5.41) is 4.23. The van der Waals surface area contributed by atoms with Gasteiger partial charge >= 0.3 is 0 Å². The van der Waals surface area contributed by atoms with E-state index < -0.39 is 0 Å². The van der Waals surface area contributed by atoms with Gasteiger partial charge in [0.25, 0.3) is 0 Å². The molecule has 1 aliphatic rings. The van der Waals surface area contributed by atoms with Crippen LogP contribution in [-0.2, 0) is 4.79 Å². The van der Waals surface area contributed by atoms with Crippen LogP contribution in [0.25, 0.3) is 0 Å². The van der Waals surface area contributed by atoms with Crippen LogP contribution in [0, 0.1) is 0 Å². The van der Waals surface area contributed by atoms with E-state index in [0.29, 0.717) is 0 Å². The normalized spacial score (nSPS) is 19.9. The van der Waals surface area contributed by atoms with Gasteiger partial charge in [-0.25, -0.2) is 5.43 Å². The van der Waals surface area contributed by atoms with Gasteiger partial charge in [-0.2, -0.15) is 5.10 Å². The van der Waals surface area contributed by atoms with Crippen LogP contribution in [0.15, 0.2) is 5.10 Å². The Bertz CT molecular complexity index is 235. The van der Waals surface area contributed by atoms with Crippen molar-refractivity contribution in [1.29, 1.82) is 0 Å². The lowest BCUT2D eigenvalue weighted by Gasteiger charge is -2.09. The first-order valence-corrected chi connectivity index (χ1v) is 7.11. The van der Waals surface area contributed by atoms with Crippen LogP contribution >= 0.6 is 0 Å². The zero-order valence-electron chi connectivity index (χ0n) is 11.1. The molecule has 0 radical (unpaired) electrons. The zero-order valence-corrected chi connectivity index (χ0v) is 11.1. The molecule has 0 aromatic heterocycles. The number of hydrazone groups is 1. The Morgan fingerprint density at radius 3 is 1.71 bits per heavy atom. The molecule has 17 heavy (non-hydrogen) atoms. The number of carbonyl (C=O) groups excluding carboxylic acids is 1. The fourth-order valence-corrected chi connectivity index (χ4v) is 2.29. The molecule has 1 rings (SSSR count). The molecule has 0 spiro atoms. The maximum Gasteiger partial charge on any atom is 0.236 e. The molecule has 1 N–H and O–H groups in total. The van der Waals surface area contributed by atoms with Crippen molar-refractivity contribution in [1.82, 2.24) is 5.43 Å². The van der Waals surface area contributed by atoms with E-state index in [1.807, 2.05) is 0 Å². The van der Waals surface area contributed by atoms with Gasteiger partial charge in [0.1, 0.15) is 0 Å². The van der Waals surface area contributed by atoms with Gasteiger partial charge in [-0.3, -0.25) is 4.79 Å². The van der Waals surface area contributed by atoms with Gasteiger partial charge < -0.3 is 0 Å². The number of amides is 1. The highest BCUT2D eigenvalue weighted by Gasteiger charge is 2.03. The molecule has 1 amide bonds. The topological polar surface area (TPSA) is 41.5 Å². The number of hydrogen-bond donors (Lipinski definition) is 1. The highest BCUT2D eigenvalue weighted by Crippen LogP contribution is 2.15. The minimum atomic E-state index is -0.0661.